The molecule has 2 unspecified atom stereocenters. The van der Waals surface area contributed by atoms with Crippen molar-refractivity contribution in [3.8, 4) is 0 Å². The van der Waals surface area contributed by atoms with E-state index in [-0.39, 0.29) is 23.9 Å². The first-order valence-corrected chi connectivity index (χ1v) is 6.00. The van der Waals surface area contributed by atoms with Gasteiger partial charge in [-0.3, -0.25) is 4.79 Å². The van der Waals surface area contributed by atoms with Crippen LogP contribution >= 0.6 is 0 Å². The molecule has 92 valence electrons. The van der Waals surface area contributed by atoms with E-state index >= 15 is 0 Å². The third kappa shape index (κ3) is 2.72. The molecule has 2 atom stereocenters. The van der Waals surface area contributed by atoms with E-state index in [2.05, 4.69) is 17.6 Å². The zero-order valence-electron chi connectivity index (χ0n) is 9.70. The fraction of sp³-hybridized carbons (Fsp3) is 0.909. The topological polar surface area (TPSA) is 59.6 Å². The summed E-state index contributed by atoms with van der Waals surface area (Å²) in [5.74, 6) is 0.0477. The second-order valence-corrected chi connectivity index (χ2v) is 4.45. The number of carbonyl (C=O) groups excluding carboxylic acids is 1. The molecule has 2 N–H and O–H groups in total. The summed E-state index contributed by atoms with van der Waals surface area (Å²) >= 11 is 0. The van der Waals surface area contributed by atoms with E-state index in [4.69, 9.17) is 9.47 Å². The van der Waals surface area contributed by atoms with Gasteiger partial charge in [0.2, 0.25) is 5.91 Å². The molecule has 0 bridgehead atoms. The molecule has 0 radical (unpaired) electrons. The highest BCUT2D eigenvalue weighted by Crippen LogP contribution is 2.15. The maximum atomic E-state index is 11.9. The SMILES string of the molecule is CCCNC1COCC1C(=O)NC1COC1. The van der Waals surface area contributed by atoms with Crippen LogP contribution in [0.25, 0.3) is 0 Å². The first-order chi connectivity index (χ1) is 7.81. The lowest BCUT2D eigenvalue weighted by atomic mass is 10.0. The van der Waals surface area contributed by atoms with Crippen molar-refractivity contribution in [3.63, 3.8) is 0 Å². The van der Waals surface area contributed by atoms with Crippen LogP contribution in [0, 0.1) is 5.92 Å². The van der Waals surface area contributed by atoms with Gasteiger partial charge in [0.05, 0.1) is 38.4 Å². The largest absolute Gasteiger partial charge is 0.379 e. The summed E-state index contributed by atoms with van der Waals surface area (Å²) in [6, 6.07) is 0.376. The first kappa shape index (κ1) is 11.8. The molecule has 2 heterocycles. The molecule has 0 aliphatic carbocycles. The zero-order valence-corrected chi connectivity index (χ0v) is 9.70. The summed E-state index contributed by atoms with van der Waals surface area (Å²) in [6.45, 7) is 5.51. The van der Waals surface area contributed by atoms with E-state index in [1.54, 1.807) is 0 Å². The van der Waals surface area contributed by atoms with Gasteiger partial charge in [0, 0.05) is 6.04 Å². The minimum absolute atomic E-state index is 0.0489. The van der Waals surface area contributed by atoms with E-state index in [1.807, 2.05) is 0 Å². The highest BCUT2D eigenvalue weighted by molar-refractivity contribution is 5.80. The molecule has 2 saturated heterocycles. The molecule has 16 heavy (non-hydrogen) atoms. The molecule has 0 aromatic carbocycles. The van der Waals surface area contributed by atoms with Crippen LogP contribution in [0.15, 0.2) is 0 Å². The molecule has 5 nitrogen and oxygen atoms in total. The van der Waals surface area contributed by atoms with E-state index in [0.717, 1.165) is 13.0 Å². The number of amides is 1. The molecule has 0 saturated carbocycles. The van der Waals surface area contributed by atoms with Crippen molar-refractivity contribution in [1.82, 2.24) is 10.6 Å². The van der Waals surface area contributed by atoms with Crippen LogP contribution in [0.3, 0.4) is 0 Å². The first-order valence-electron chi connectivity index (χ1n) is 6.00. The van der Waals surface area contributed by atoms with Crippen LogP contribution in [-0.2, 0) is 14.3 Å². The Bertz CT molecular complexity index is 243. The van der Waals surface area contributed by atoms with Gasteiger partial charge in [-0.1, -0.05) is 6.92 Å². The van der Waals surface area contributed by atoms with Crippen molar-refractivity contribution in [2.24, 2.45) is 5.92 Å². The van der Waals surface area contributed by atoms with Gasteiger partial charge >= 0.3 is 0 Å². The highest BCUT2D eigenvalue weighted by atomic mass is 16.5. The van der Waals surface area contributed by atoms with Crippen LogP contribution in [0.4, 0.5) is 0 Å². The van der Waals surface area contributed by atoms with Gasteiger partial charge in [-0.05, 0) is 13.0 Å². The number of hydrogen-bond acceptors (Lipinski definition) is 4. The molecule has 0 spiro atoms. The minimum Gasteiger partial charge on any atom is -0.379 e. The molecular formula is C11H20N2O3. The third-order valence-electron chi connectivity index (χ3n) is 3.06. The zero-order chi connectivity index (χ0) is 11.4. The van der Waals surface area contributed by atoms with Crippen LogP contribution in [-0.4, -0.2) is 51.0 Å². The van der Waals surface area contributed by atoms with Crippen LogP contribution in [0.2, 0.25) is 0 Å². The summed E-state index contributed by atoms with van der Waals surface area (Å²) in [7, 11) is 0. The summed E-state index contributed by atoms with van der Waals surface area (Å²) in [6.07, 6.45) is 1.07. The lowest BCUT2D eigenvalue weighted by Gasteiger charge is -2.29. The van der Waals surface area contributed by atoms with Crippen LogP contribution < -0.4 is 10.6 Å². The highest BCUT2D eigenvalue weighted by Gasteiger charge is 2.35. The number of nitrogens with one attached hydrogen (secondary N) is 2. The lowest BCUT2D eigenvalue weighted by Crippen LogP contribution is -2.53. The van der Waals surface area contributed by atoms with Crippen molar-refractivity contribution in [3.05, 3.63) is 0 Å². The fourth-order valence-electron chi connectivity index (χ4n) is 1.97. The Morgan fingerprint density at radius 1 is 1.25 bits per heavy atom. The summed E-state index contributed by atoms with van der Waals surface area (Å²) in [5.41, 5.74) is 0. The number of ether oxygens (including phenoxy) is 2. The van der Waals surface area contributed by atoms with Crippen LogP contribution in [0.5, 0.6) is 0 Å². The quantitative estimate of drug-likeness (QED) is 0.667. The van der Waals surface area contributed by atoms with E-state index < -0.39 is 0 Å². The molecule has 0 aromatic rings. The molecule has 2 rings (SSSR count). The standard InChI is InChI=1S/C11H20N2O3/c1-2-3-12-10-7-16-6-9(10)11(14)13-8-4-15-5-8/h8-10,12H,2-7H2,1H3,(H,13,14). The average molecular weight is 228 g/mol. The van der Waals surface area contributed by atoms with Crippen LogP contribution in [0.1, 0.15) is 13.3 Å². The Morgan fingerprint density at radius 2 is 2.00 bits per heavy atom. The monoisotopic (exact) mass is 228 g/mol. The Kier molecular flexibility index (Phi) is 4.15. The maximum Gasteiger partial charge on any atom is 0.227 e. The Hall–Kier alpha value is -0.650. The number of rotatable bonds is 5. The van der Waals surface area contributed by atoms with Gasteiger partial charge in [0.25, 0.3) is 0 Å². The average Bonchev–Trinajstić information content (AvgIpc) is 2.68. The Balaban J connectivity index is 1.78. The van der Waals surface area contributed by atoms with Gasteiger partial charge in [0.15, 0.2) is 0 Å². The Morgan fingerprint density at radius 3 is 2.62 bits per heavy atom. The van der Waals surface area contributed by atoms with Crippen molar-refractivity contribution in [1.29, 1.82) is 0 Å². The summed E-state index contributed by atoms with van der Waals surface area (Å²) in [4.78, 5) is 11.9. The third-order valence-corrected chi connectivity index (χ3v) is 3.06. The molecule has 2 aliphatic heterocycles. The Labute approximate surface area is 95.9 Å². The van der Waals surface area contributed by atoms with Crippen molar-refractivity contribution in [2.45, 2.75) is 25.4 Å². The minimum atomic E-state index is -0.0489. The predicted octanol–water partition coefficient (Wildman–Crippen LogP) is -0.484. The van der Waals surface area contributed by atoms with Gasteiger partial charge < -0.3 is 20.1 Å². The molecule has 2 fully saturated rings. The number of carbonyl (C=O) groups is 1. The second kappa shape index (κ2) is 5.61. The van der Waals surface area contributed by atoms with E-state index in [0.29, 0.717) is 26.4 Å². The molecule has 2 aliphatic rings. The predicted molar refractivity (Wildman–Crippen MR) is 59.1 cm³/mol. The number of hydrogen-bond donors (Lipinski definition) is 2. The van der Waals surface area contributed by atoms with Gasteiger partial charge in [0.1, 0.15) is 0 Å². The smallest absolute Gasteiger partial charge is 0.227 e. The van der Waals surface area contributed by atoms with Crippen molar-refractivity contribution >= 4 is 5.91 Å². The molecule has 0 aromatic heterocycles. The summed E-state index contributed by atoms with van der Waals surface area (Å²) < 4.78 is 10.4. The molecule has 5 heteroatoms. The molecule has 1 amide bonds. The van der Waals surface area contributed by atoms with E-state index in [9.17, 15) is 4.79 Å². The fourth-order valence-corrected chi connectivity index (χ4v) is 1.97. The summed E-state index contributed by atoms with van der Waals surface area (Å²) in [5, 5.41) is 6.34. The van der Waals surface area contributed by atoms with Crippen molar-refractivity contribution in [2.75, 3.05) is 33.0 Å². The lowest BCUT2D eigenvalue weighted by molar-refractivity contribution is -0.129. The van der Waals surface area contributed by atoms with Gasteiger partial charge in [-0.15, -0.1) is 0 Å². The van der Waals surface area contributed by atoms with Gasteiger partial charge in [-0.2, -0.15) is 0 Å². The molecular weight excluding hydrogens is 208 g/mol. The van der Waals surface area contributed by atoms with Crippen molar-refractivity contribution < 1.29 is 14.3 Å². The van der Waals surface area contributed by atoms with E-state index in [1.165, 1.54) is 0 Å². The van der Waals surface area contributed by atoms with Gasteiger partial charge in [-0.25, -0.2) is 0 Å². The maximum absolute atomic E-state index is 11.9. The normalized spacial score (nSPS) is 30.1. The second-order valence-electron chi connectivity index (χ2n) is 4.45.